The van der Waals surface area contributed by atoms with Crippen LogP contribution in [0.4, 0.5) is 0 Å². The number of ether oxygens (including phenoxy) is 2. The fourth-order valence-corrected chi connectivity index (χ4v) is 2.16. The van der Waals surface area contributed by atoms with E-state index in [2.05, 4.69) is 22.5 Å². The minimum Gasteiger partial charge on any atom is -0.490 e. The van der Waals surface area contributed by atoms with Gasteiger partial charge >= 0.3 is 5.97 Å². The molecular weight excluding hydrogens is 336 g/mol. The minimum absolute atomic E-state index is 0.495. The van der Waals surface area contributed by atoms with Crippen LogP contribution >= 0.6 is 15.9 Å². The van der Waals surface area contributed by atoms with Crippen LogP contribution in [0.1, 0.15) is 25.8 Å². The van der Waals surface area contributed by atoms with Gasteiger partial charge in [-0.15, -0.1) is 6.58 Å². The highest BCUT2D eigenvalue weighted by atomic mass is 79.9. The van der Waals surface area contributed by atoms with Crippen molar-refractivity contribution in [2.45, 2.75) is 20.3 Å². The van der Waals surface area contributed by atoms with Gasteiger partial charge in [0.25, 0.3) is 0 Å². The van der Waals surface area contributed by atoms with Gasteiger partial charge in [-0.25, -0.2) is 4.79 Å². The first kappa shape index (κ1) is 17.3. The van der Waals surface area contributed by atoms with Gasteiger partial charge in [0.2, 0.25) is 0 Å². The molecule has 0 amide bonds. The average Bonchev–Trinajstić information content (AvgIpc) is 2.39. The van der Waals surface area contributed by atoms with Gasteiger partial charge in [0, 0.05) is 12.5 Å². The highest BCUT2D eigenvalue weighted by molar-refractivity contribution is 9.10. The molecule has 0 atom stereocenters. The lowest BCUT2D eigenvalue weighted by molar-refractivity contribution is -0.131. The molecule has 1 rings (SSSR count). The van der Waals surface area contributed by atoms with Crippen LogP contribution in [-0.4, -0.2) is 24.3 Å². The molecule has 0 aliphatic rings. The van der Waals surface area contributed by atoms with E-state index in [1.165, 1.54) is 6.08 Å². The van der Waals surface area contributed by atoms with Crippen molar-refractivity contribution in [2.75, 3.05) is 13.2 Å². The van der Waals surface area contributed by atoms with Crippen molar-refractivity contribution in [1.29, 1.82) is 0 Å². The number of halogens is 1. The molecule has 0 spiro atoms. The standard InChI is InChI=1S/C16H19BrO4/c1-4-20-14-10-12(5-6-15(18)19)9-13(17)16(14)21-8-7-11(2)3/h5-6,9-10H,2,4,7-8H2,1,3H3,(H,18,19)/b6-5+. The molecule has 0 saturated heterocycles. The first-order valence-corrected chi connectivity index (χ1v) is 7.37. The van der Waals surface area contributed by atoms with E-state index in [9.17, 15) is 4.79 Å². The van der Waals surface area contributed by atoms with Gasteiger partial charge in [-0.05, 0) is 53.5 Å². The van der Waals surface area contributed by atoms with Crippen molar-refractivity contribution in [3.8, 4) is 11.5 Å². The number of rotatable bonds is 8. The molecule has 0 fully saturated rings. The summed E-state index contributed by atoms with van der Waals surface area (Å²) in [5.74, 6) is 0.204. The molecule has 0 radical (unpaired) electrons. The summed E-state index contributed by atoms with van der Waals surface area (Å²) in [5.41, 5.74) is 1.77. The lowest BCUT2D eigenvalue weighted by atomic mass is 10.2. The maximum absolute atomic E-state index is 10.6. The predicted octanol–water partition coefficient (Wildman–Crippen LogP) is 4.29. The summed E-state index contributed by atoms with van der Waals surface area (Å²) in [6.45, 7) is 8.67. The summed E-state index contributed by atoms with van der Waals surface area (Å²) in [5, 5.41) is 8.68. The Morgan fingerprint density at radius 1 is 1.43 bits per heavy atom. The number of hydrogen-bond donors (Lipinski definition) is 1. The molecule has 114 valence electrons. The number of carboxylic acid groups (broad SMARTS) is 1. The number of aliphatic carboxylic acids is 1. The first-order valence-electron chi connectivity index (χ1n) is 6.58. The summed E-state index contributed by atoms with van der Waals surface area (Å²) in [4.78, 5) is 10.6. The molecule has 0 unspecified atom stereocenters. The molecule has 1 aromatic rings. The third-order valence-corrected chi connectivity index (χ3v) is 3.11. The smallest absolute Gasteiger partial charge is 0.328 e. The van der Waals surface area contributed by atoms with E-state index in [0.717, 1.165) is 28.1 Å². The normalized spacial score (nSPS) is 10.6. The molecule has 0 aliphatic carbocycles. The zero-order valence-corrected chi connectivity index (χ0v) is 13.8. The van der Waals surface area contributed by atoms with Crippen LogP contribution in [0.2, 0.25) is 0 Å². The van der Waals surface area contributed by atoms with E-state index in [0.29, 0.717) is 24.7 Å². The number of hydrogen-bond acceptors (Lipinski definition) is 3. The molecule has 0 saturated carbocycles. The molecule has 1 N–H and O–H groups in total. The van der Waals surface area contributed by atoms with Gasteiger partial charge in [0.15, 0.2) is 11.5 Å². The second-order valence-electron chi connectivity index (χ2n) is 4.49. The second-order valence-corrected chi connectivity index (χ2v) is 5.34. The summed E-state index contributed by atoms with van der Waals surface area (Å²) < 4.78 is 12.0. The average molecular weight is 355 g/mol. The predicted molar refractivity (Wildman–Crippen MR) is 86.9 cm³/mol. The molecule has 4 nitrogen and oxygen atoms in total. The Bertz CT molecular complexity index is 549. The van der Waals surface area contributed by atoms with Crippen molar-refractivity contribution in [2.24, 2.45) is 0 Å². The van der Waals surface area contributed by atoms with Crippen molar-refractivity contribution in [3.63, 3.8) is 0 Å². The lowest BCUT2D eigenvalue weighted by Gasteiger charge is -2.14. The molecule has 0 heterocycles. The highest BCUT2D eigenvalue weighted by Crippen LogP contribution is 2.37. The van der Waals surface area contributed by atoms with Crippen molar-refractivity contribution >= 4 is 28.0 Å². The van der Waals surface area contributed by atoms with E-state index in [1.807, 2.05) is 13.8 Å². The second kappa shape index (κ2) is 8.52. The third-order valence-electron chi connectivity index (χ3n) is 2.53. The van der Waals surface area contributed by atoms with E-state index in [-0.39, 0.29) is 0 Å². The van der Waals surface area contributed by atoms with Crippen LogP contribution in [-0.2, 0) is 4.79 Å². The van der Waals surface area contributed by atoms with Crippen molar-refractivity contribution < 1.29 is 19.4 Å². The quantitative estimate of drug-likeness (QED) is 0.558. The summed E-state index contributed by atoms with van der Waals surface area (Å²) in [6, 6.07) is 3.54. The van der Waals surface area contributed by atoms with Crippen LogP contribution in [0.25, 0.3) is 6.08 Å². The Hall–Kier alpha value is -1.75. The molecule has 0 aliphatic heterocycles. The Morgan fingerprint density at radius 3 is 2.71 bits per heavy atom. The van der Waals surface area contributed by atoms with Crippen LogP contribution in [0.5, 0.6) is 11.5 Å². The summed E-state index contributed by atoms with van der Waals surface area (Å²) in [6.07, 6.45) is 3.35. The number of benzene rings is 1. The van der Waals surface area contributed by atoms with Gasteiger partial charge in [-0.3, -0.25) is 0 Å². The largest absolute Gasteiger partial charge is 0.490 e. The minimum atomic E-state index is -0.995. The SMILES string of the molecule is C=C(C)CCOc1c(Br)cc(/C=C/C(=O)O)cc1OCC. The zero-order chi connectivity index (χ0) is 15.8. The van der Waals surface area contributed by atoms with Crippen LogP contribution in [0.3, 0.4) is 0 Å². The Labute approximate surface area is 133 Å². The lowest BCUT2D eigenvalue weighted by Crippen LogP contribution is -2.02. The van der Waals surface area contributed by atoms with Crippen molar-refractivity contribution in [3.05, 3.63) is 40.4 Å². The number of carboxylic acids is 1. The van der Waals surface area contributed by atoms with Crippen LogP contribution in [0.15, 0.2) is 34.8 Å². The molecular formula is C16H19BrO4. The Morgan fingerprint density at radius 2 is 2.14 bits per heavy atom. The topological polar surface area (TPSA) is 55.8 Å². The van der Waals surface area contributed by atoms with Gasteiger partial charge in [-0.1, -0.05) is 5.57 Å². The van der Waals surface area contributed by atoms with E-state index in [1.54, 1.807) is 12.1 Å². The molecule has 21 heavy (non-hydrogen) atoms. The maximum atomic E-state index is 10.6. The zero-order valence-electron chi connectivity index (χ0n) is 12.2. The van der Waals surface area contributed by atoms with E-state index < -0.39 is 5.97 Å². The molecule has 1 aromatic carbocycles. The van der Waals surface area contributed by atoms with Gasteiger partial charge in [0.1, 0.15) is 0 Å². The van der Waals surface area contributed by atoms with Crippen molar-refractivity contribution in [1.82, 2.24) is 0 Å². The fourth-order valence-electron chi connectivity index (χ4n) is 1.58. The van der Waals surface area contributed by atoms with Gasteiger partial charge < -0.3 is 14.6 Å². The van der Waals surface area contributed by atoms with Crippen LogP contribution < -0.4 is 9.47 Å². The van der Waals surface area contributed by atoms with Crippen LogP contribution in [0, 0.1) is 0 Å². The number of carbonyl (C=O) groups is 1. The maximum Gasteiger partial charge on any atom is 0.328 e. The molecule has 5 heteroatoms. The molecule has 0 aromatic heterocycles. The highest BCUT2D eigenvalue weighted by Gasteiger charge is 2.11. The molecule has 0 bridgehead atoms. The summed E-state index contributed by atoms with van der Waals surface area (Å²) in [7, 11) is 0. The third kappa shape index (κ3) is 6.04. The van der Waals surface area contributed by atoms with Gasteiger partial charge in [0.05, 0.1) is 17.7 Å². The Kier molecular flexibility index (Phi) is 7.02. The van der Waals surface area contributed by atoms with E-state index >= 15 is 0 Å². The first-order chi connectivity index (χ1) is 9.93. The monoisotopic (exact) mass is 354 g/mol. The fraction of sp³-hybridized carbons (Fsp3) is 0.312. The van der Waals surface area contributed by atoms with Gasteiger partial charge in [-0.2, -0.15) is 0 Å². The Balaban J connectivity index is 3.00. The summed E-state index contributed by atoms with van der Waals surface area (Å²) >= 11 is 3.43. The van der Waals surface area contributed by atoms with E-state index in [4.69, 9.17) is 14.6 Å².